The minimum Gasteiger partial charge on any atom is -0.496 e. The molecule has 38 heavy (non-hydrogen) atoms. The molecule has 0 unspecified atom stereocenters. The van der Waals surface area contributed by atoms with Crippen LogP contribution in [0.4, 0.5) is 0 Å². The summed E-state index contributed by atoms with van der Waals surface area (Å²) in [4.78, 5) is 42.3. The first-order valence-electron chi connectivity index (χ1n) is 11.4. The summed E-state index contributed by atoms with van der Waals surface area (Å²) in [6.45, 7) is -0.313. The van der Waals surface area contributed by atoms with Gasteiger partial charge in [-0.05, 0) is 47.2 Å². The summed E-state index contributed by atoms with van der Waals surface area (Å²) in [7, 11) is -1.64. The minimum atomic E-state index is -4.27. The normalized spacial score (nSPS) is 12.2. The fourth-order valence-corrected chi connectivity index (χ4v) is 5.80. The molecule has 0 radical (unpaired) electrons. The van der Waals surface area contributed by atoms with Gasteiger partial charge in [-0.1, -0.05) is 24.3 Å². The molecule has 1 amide bonds. The predicted octanol–water partition coefficient (Wildman–Crippen LogP) is 2.82. The first-order chi connectivity index (χ1) is 18.2. The molecule has 2 aromatic heterocycles. The molecule has 12 heteroatoms. The number of methoxy groups -OCH3 is 2. The van der Waals surface area contributed by atoms with Crippen LogP contribution in [0.1, 0.15) is 16.5 Å². The number of ether oxygens (including phenoxy) is 2. The SMILES string of the molecule is COC(=O)CN(Cc1cccs1)C(=O)[C@@H](NS(=O)(=O)c1ccc2[nH]c(=O)ccc2c1)c1ccccc1OC. The Labute approximate surface area is 222 Å². The van der Waals surface area contributed by atoms with Gasteiger partial charge < -0.3 is 19.4 Å². The summed E-state index contributed by atoms with van der Waals surface area (Å²) in [6, 6.07) is 15.8. The van der Waals surface area contributed by atoms with E-state index in [0.29, 0.717) is 16.7 Å². The number of carbonyl (C=O) groups excluding carboxylic acids is 2. The van der Waals surface area contributed by atoms with Crippen molar-refractivity contribution in [2.24, 2.45) is 0 Å². The third-order valence-electron chi connectivity index (χ3n) is 5.76. The Kier molecular flexibility index (Phi) is 8.25. The van der Waals surface area contributed by atoms with Crippen molar-refractivity contribution in [3.05, 3.63) is 92.9 Å². The number of benzene rings is 2. The number of hydrogen-bond donors (Lipinski definition) is 2. The van der Waals surface area contributed by atoms with Crippen LogP contribution >= 0.6 is 11.3 Å². The summed E-state index contributed by atoms with van der Waals surface area (Å²) in [6.07, 6.45) is 0. The number of carbonyl (C=O) groups is 2. The summed E-state index contributed by atoms with van der Waals surface area (Å²) >= 11 is 1.40. The Morgan fingerprint density at radius 3 is 2.55 bits per heavy atom. The second kappa shape index (κ2) is 11.6. The van der Waals surface area contributed by atoms with Gasteiger partial charge >= 0.3 is 5.97 Å². The number of para-hydroxylation sites is 1. The number of nitrogens with zero attached hydrogens (tertiary/aromatic N) is 1. The lowest BCUT2D eigenvalue weighted by molar-refractivity contribution is -0.148. The summed E-state index contributed by atoms with van der Waals surface area (Å²) in [5.74, 6) is -1.03. The lowest BCUT2D eigenvalue weighted by atomic mass is 10.0. The zero-order valence-corrected chi connectivity index (χ0v) is 22.2. The number of thiophene rings is 1. The number of esters is 1. The van der Waals surface area contributed by atoms with Crippen LogP contribution in [0.3, 0.4) is 0 Å². The van der Waals surface area contributed by atoms with Crippen LogP contribution in [0.25, 0.3) is 10.9 Å². The molecule has 0 aliphatic rings. The minimum absolute atomic E-state index is 0.0717. The molecule has 1 atom stereocenters. The van der Waals surface area contributed by atoms with Crippen LogP contribution in [0.5, 0.6) is 5.75 Å². The molecular weight excluding hydrogens is 530 g/mol. The maximum Gasteiger partial charge on any atom is 0.325 e. The Bertz CT molecular complexity index is 1620. The maximum absolute atomic E-state index is 13.9. The summed E-state index contributed by atoms with van der Waals surface area (Å²) in [5, 5.41) is 2.33. The van der Waals surface area contributed by atoms with Gasteiger partial charge in [-0.2, -0.15) is 4.72 Å². The quantitative estimate of drug-likeness (QED) is 0.287. The van der Waals surface area contributed by atoms with Crippen LogP contribution in [0.2, 0.25) is 0 Å². The molecule has 2 heterocycles. The molecule has 198 valence electrons. The van der Waals surface area contributed by atoms with Crippen LogP contribution < -0.4 is 15.0 Å². The van der Waals surface area contributed by atoms with Crippen molar-refractivity contribution in [3.63, 3.8) is 0 Å². The van der Waals surface area contributed by atoms with E-state index in [4.69, 9.17) is 9.47 Å². The van der Waals surface area contributed by atoms with Crippen molar-refractivity contribution in [1.82, 2.24) is 14.6 Å². The summed E-state index contributed by atoms with van der Waals surface area (Å²) < 4.78 is 39.8. The van der Waals surface area contributed by atoms with Crippen LogP contribution in [-0.4, -0.2) is 50.9 Å². The van der Waals surface area contributed by atoms with E-state index in [0.717, 1.165) is 4.88 Å². The number of aromatic amines is 1. The van der Waals surface area contributed by atoms with Gasteiger partial charge in [0, 0.05) is 22.0 Å². The van der Waals surface area contributed by atoms with Gasteiger partial charge in [0.05, 0.1) is 25.7 Å². The van der Waals surface area contributed by atoms with Crippen LogP contribution in [0.15, 0.2) is 81.8 Å². The molecule has 2 aromatic carbocycles. The first-order valence-corrected chi connectivity index (χ1v) is 13.7. The lowest BCUT2D eigenvalue weighted by Gasteiger charge is -2.28. The Morgan fingerprint density at radius 1 is 1.05 bits per heavy atom. The van der Waals surface area contributed by atoms with E-state index in [2.05, 4.69) is 9.71 Å². The number of pyridine rings is 1. The zero-order valence-electron chi connectivity index (χ0n) is 20.5. The Hall–Kier alpha value is -4.00. The van der Waals surface area contributed by atoms with E-state index in [-0.39, 0.29) is 29.1 Å². The van der Waals surface area contributed by atoms with Crippen LogP contribution in [-0.2, 0) is 30.9 Å². The third kappa shape index (κ3) is 6.10. The number of hydrogen-bond acceptors (Lipinski definition) is 8. The zero-order chi connectivity index (χ0) is 27.3. The molecule has 0 saturated carbocycles. The molecule has 0 aliphatic heterocycles. The van der Waals surface area contributed by atoms with Gasteiger partial charge in [0.25, 0.3) is 0 Å². The third-order valence-corrected chi connectivity index (χ3v) is 8.04. The largest absolute Gasteiger partial charge is 0.496 e. The number of nitrogens with one attached hydrogen (secondary N) is 2. The van der Waals surface area contributed by atoms with E-state index >= 15 is 0 Å². The Balaban J connectivity index is 1.76. The summed E-state index contributed by atoms with van der Waals surface area (Å²) in [5.41, 5.74) is 0.424. The van der Waals surface area contributed by atoms with E-state index in [9.17, 15) is 22.8 Å². The van der Waals surface area contributed by atoms with Crippen molar-refractivity contribution in [2.75, 3.05) is 20.8 Å². The van der Waals surface area contributed by atoms with Gasteiger partial charge in [0.1, 0.15) is 18.3 Å². The number of H-pyrrole nitrogens is 1. The number of rotatable bonds is 10. The molecular formula is C26H25N3O7S2. The topological polar surface area (TPSA) is 135 Å². The van der Waals surface area contributed by atoms with Gasteiger partial charge in [0.2, 0.25) is 21.5 Å². The molecule has 0 fully saturated rings. The first kappa shape index (κ1) is 27.0. The average molecular weight is 556 g/mol. The molecule has 0 saturated heterocycles. The van der Waals surface area contributed by atoms with Crippen molar-refractivity contribution >= 4 is 44.1 Å². The molecule has 0 bridgehead atoms. The smallest absolute Gasteiger partial charge is 0.325 e. The second-order valence-electron chi connectivity index (χ2n) is 8.22. The second-order valence-corrected chi connectivity index (χ2v) is 11.0. The van der Waals surface area contributed by atoms with E-state index in [1.807, 2.05) is 17.5 Å². The Morgan fingerprint density at radius 2 is 1.84 bits per heavy atom. The van der Waals surface area contributed by atoms with E-state index in [1.54, 1.807) is 24.3 Å². The molecule has 4 rings (SSSR count). The van der Waals surface area contributed by atoms with Crippen molar-refractivity contribution in [1.29, 1.82) is 0 Å². The lowest BCUT2D eigenvalue weighted by Crippen LogP contribution is -2.44. The molecule has 0 spiro atoms. The van der Waals surface area contributed by atoms with E-state index < -0.39 is 27.9 Å². The highest BCUT2D eigenvalue weighted by atomic mass is 32.2. The highest BCUT2D eigenvalue weighted by Gasteiger charge is 2.34. The van der Waals surface area contributed by atoms with E-state index in [1.165, 1.54) is 60.8 Å². The number of amides is 1. The fraction of sp³-hybridized carbons (Fsp3) is 0.192. The van der Waals surface area contributed by atoms with Gasteiger partial charge in [-0.3, -0.25) is 14.4 Å². The standard InChI is InChI=1S/C26H25N3O7S2/c1-35-22-8-4-3-7-20(22)25(26(32)29(16-24(31)36-2)15-18-6-5-13-37-18)28-38(33,34)19-10-11-21-17(14-19)9-12-23(30)27-21/h3-14,25,28H,15-16H2,1-2H3,(H,27,30)/t25-/m0/s1. The van der Waals surface area contributed by atoms with Crippen molar-refractivity contribution < 1.29 is 27.5 Å². The average Bonchev–Trinajstić information content (AvgIpc) is 3.43. The van der Waals surface area contributed by atoms with Crippen molar-refractivity contribution in [3.8, 4) is 5.75 Å². The van der Waals surface area contributed by atoms with Gasteiger partial charge in [-0.15, -0.1) is 11.3 Å². The van der Waals surface area contributed by atoms with Gasteiger partial charge in [0.15, 0.2) is 0 Å². The monoisotopic (exact) mass is 555 g/mol. The molecule has 2 N–H and O–H groups in total. The van der Waals surface area contributed by atoms with Crippen LogP contribution in [0, 0.1) is 0 Å². The van der Waals surface area contributed by atoms with Crippen molar-refractivity contribution in [2.45, 2.75) is 17.5 Å². The highest BCUT2D eigenvalue weighted by Crippen LogP contribution is 2.29. The maximum atomic E-state index is 13.9. The number of fused-ring (bicyclic) bond motifs is 1. The highest BCUT2D eigenvalue weighted by molar-refractivity contribution is 7.89. The molecule has 0 aliphatic carbocycles. The number of aromatic nitrogens is 1. The fourth-order valence-electron chi connectivity index (χ4n) is 3.88. The molecule has 4 aromatic rings. The number of sulfonamides is 1. The molecule has 10 nitrogen and oxygen atoms in total. The van der Waals surface area contributed by atoms with Gasteiger partial charge in [-0.25, -0.2) is 8.42 Å². The predicted molar refractivity (Wildman–Crippen MR) is 142 cm³/mol.